The van der Waals surface area contributed by atoms with Gasteiger partial charge in [-0.05, 0) is 143 Å². The summed E-state index contributed by atoms with van der Waals surface area (Å²) >= 11 is 0. The maximum Gasteiger partial charge on any atom is 0.152 e. The predicted molar refractivity (Wildman–Crippen MR) is 351 cm³/mol. The lowest BCUT2D eigenvalue weighted by Gasteiger charge is -2.25. The Morgan fingerprint density at radius 2 is 0.964 bits per heavy atom. The van der Waals surface area contributed by atoms with Gasteiger partial charge in [0.05, 0.1) is 27.8 Å². The molecule has 1 aliphatic rings. The van der Waals surface area contributed by atoms with Crippen molar-refractivity contribution < 1.29 is 0 Å². The fraction of sp³-hybridized carbons (Fsp3) is 0.0513. The van der Waals surface area contributed by atoms with Gasteiger partial charge in [0.25, 0.3) is 0 Å². The molecule has 5 nitrogen and oxygen atoms in total. The second-order valence-corrected chi connectivity index (χ2v) is 21.6. The molecule has 14 rings (SSSR count). The number of nitrogens with one attached hydrogen (secondary N) is 1. The number of benzene rings is 11. The first-order chi connectivity index (χ1) is 40.8. The average Bonchev–Trinajstić information content (AvgIpc) is 2.84. The minimum absolute atomic E-state index is 0.431. The Hall–Kier alpha value is -10.6. The lowest BCUT2D eigenvalue weighted by molar-refractivity contribution is 0.675. The zero-order valence-corrected chi connectivity index (χ0v) is 46.6. The van der Waals surface area contributed by atoms with Gasteiger partial charge >= 0.3 is 0 Å². The van der Waals surface area contributed by atoms with Crippen molar-refractivity contribution in [2.45, 2.75) is 26.9 Å². The first-order valence-corrected chi connectivity index (χ1v) is 28.4. The Kier molecular flexibility index (Phi) is 13.1. The molecule has 0 saturated carbocycles. The highest BCUT2D eigenvalue weighted by molar-refractivity contribution is 6.16. The summed E-state index contributed by atoms with van der Waals surface area (Å²) in [5.74, 6) is 1.33. The van der Waals surface area contributed by atoms with Crippen molar-refractivity contribution in [3.63, 3.8) is 0 Å². The van der Waals surface area contributed by atoms with Crippen LogP contribution in [-0.4, -0.2) is 20.8 Å². The van der Waals surface area contributed by atoms with E-state index >= 15 is 0 Å². The number of para-hydroxylation sites is 2. The van der Waals surface area contributed by atoms with Crippen LogP contribution in [0, 0.1) is 20.8 Å². The van der Waals surface area contributed by atoms with Crippen LogP contribution in [0.5, 0.6) is 0 Å². The van der Waals surface area contributed by atoms with E-state index < -0.39 is 6.17 Å². The van der Waals surface area contributed by atoms with Crippen molar-refractivity contribution in [1.82, 2.24) is 14.5 Å². The summed E-state index contributed by atoms with van der Waals surface area (Å²) in [5, 5.41) is 8.66. The minimum Gasteiger partial charge on any atom is -0.344 e. The van der Waals surface area contributed by atoms with E-state index in [4.69, 9.17) is 9.98 Å². The van der Waals surface area contributed by atoms with Crippen LogP contribution >= 0.6 is 0 Å². The highest BCUT2D eigenvalue weighted by Gasteiger charge is 2.26. The Morgan fingerprint density at radius 1 is 0.458 bits per heavy atom. The van der Waals surface area contributed by atoms with Gasteiger partial charge in [-0.15, -0.1) is 0 Å². The minimum atomic E-state index is -0.431. The Morgan fingerprint density at radius 3 is 1.57 bits per heavy atom. The van der Waals surface area contributed by atoms with E-state index in [0.29, 0.717) is 5.84 Å². The summed E-state index contributed by atoms with van der Waals surface area (Å²) in [5.41, 5.74) is 23.7. The zero-order chi connectivity index (χ0) is 56.0. The normalized spacial score (nSPS) is 13.7. The highest BCUT2D eigenvalue weighted by atomic mass is 15.2. The molecule has 0 bridgehead atoms. The van der Waals surface area contributed by atoms with Crippen molar-refractivity contribution in [1.29, 1.82) is 0 Å². The number of rotatable bonds is 12. The zero-order valence-electron chi connectivity index (χ0n) is 46.6. The molecule has 0 spiro atoms. The number of fused-ring (bicyclic) bond motifs is 6. The monoisotopic (exact) mass is 1070 g/mol. The van der Waals surface area contributed by atoms with Crippen molar-refractivity contribution in [3.05, 3.63) is 319 Å². The number of hydrogen-bond acceptors (Lipinski definition) is 3. The molecule has 1 N–H and O–H groups in total. The number of allylic oxidation sites excluding steroid dienone is 4. The molecule has 3 heterocycles. The molecule has 11 aromatic carbocycles. The van der Waals surface area contributed by atoms with Crippen LogP contribution in [0.15, 0.2) is 296 Å². The first-order valence-electron chi connectivity index (χ1n) is 28.4. The van der Waals surface area contributed by atoms with E-state index in [1.807, 2.05) is 36.4 Å². The van der Waals surface area contributed by atoms with Crippen molar-refractivity contribution in [2.75, 3.05) is 0 Å². The van der Waals surface area contributed by atoms with E-state index in [1.165, 1.54) is 66.0 Å². The number of aromatic nitrogens is 2. The summed E-state index contributed by atoms with van der Waals surface area (Å²) in [6.45, 7) is 10.8. The van der Waals surface area contributed by atoms with Crippen molar-refractivity contribution in [3.8, 4) is 55.9 Å². The SMILES string of the molecule is C=C/C(=C\C=C\C1=NC(c2ccc(-c3ccccc3)cc2)NC(c2cc(-c3ccccc3)c(-n3c4ccc(-c5c(C)cc(C)cc5C)cc4c4cc(-n5c6ccccc6c6ccccc65)ccc43)c(-c3ccccc3)c2)=N1)c1ccccc1. The quantitative estimate of drug-likeness (QED) is 0.122. The fourth-order valence-corrected chi connectivity index (χ4v) is 12.6. The number of hydrogen-bond donors (Lipinski definition) is 1. The van der Waals surface area contributed by atoms with Gasteiger partial charge in [-0.3, -0.25) is 0 Å². The number of aliphatic imine (C=N–C) groups is 2. The molecular formula is C78H59N5. The molecule has 1 atom stereocenters. The molecule has 2 aromatic heterocycles. The molecule has 5 heteroatoms. The van der Waals surface area contributed by atoms with Gasteiger partial charge < -0.3 is 14.5 Å². The van der Waals surface area contributed by atoms with Gasteiger partial charge in [-0.1, -0.05) is 231 Å². The second-order valence-electron chi connectivity index (χ2n) is 21.6. The van der Waals surface area contributed by atoms with Gasteiger partial charge in [0.2, 0.25) is 0 Å². The highest BCUT2D eigenvalue weighted by Crippen LogP contribution is 2.45. The van der Waals surface area contributed by atoms with Crippen LogP contribution in [0.4, 0.5) is 0 Å². The maximum atomic E-state index is 5.39. The number of aryl methyl sites for hydroxylation is 3. The van der Waals surface area contributed by atoms with E-state index in [2.05, 4.69) is 284 Å². The maximum absolute atomic E-state index is 5.39. The van der Waals surface area contributed by atoms with Crippen LogP contribution < -0.4 is 5.32 Å². The Balaban J connectivity index is 1.01. The van der Waals surface area contributed by atoms with E-state index in [9.17, 15) is 0 Å². The lowest BCUT2D eigenvalue weighted by Crippen LogP contribution is -2.33. The van der Waals surface area contributed by atoms with Crippen LogP contribution in [0.3, 0.4) is 0 Å². The third-order valence-corrected chi connectivity index (χ3v) is 16.3. The second kappa shape index (κ2) is 21.5. The van der Waals surface area contributed by atoms with Gasteiger partial charge in [0.15, 0.2) is 5.84 Å². The molecular weight excluding hydrogens is 1010 g/mol. The smallest absolute Gasteiger partial charge is 0.152 e. The molecule has 1 aliphatic heterocycles. The van der Waals surface area contributed by atoms with Crippen molar-refractivity contribution >= 4 is 60.9 Å². The summed E-state index contributed by atoms with van der Waals surface area (Å²) in [6, 6.07) is 92.1. The molecule has 1 unspecified atom stereocenters. The standard InChI is InChI=1S/C78H59N5/c1-5-54(55-23-10-6-11-24-55)31-22-36-74-79-77(60-39-37-57(38-40-60)56-25-12-7-13-26-56)81-78(80-74)62-48-66(58-27-14-8-15-28-58)76(67(49-62)59-29-16-9-17-30-59)83-72-43-41-61(75-52(3)45-51(2)46-53(75)4)47-68(72)69-50-63(42-44-73(69)83)82-70-34-20-18-32-64(70)65-33-19-21-35-71(65)82/h5-50,77H,1H2,2-4H3,(H,79,80,81)/b36-22+,54-31+. The Bertz CT molecular complexity index is 4630. The largest absolute Gasteiger partial charge is 0.344 e. The van der Waals surface area contributed by atoms with E-state index in [1.54, 1.807) is 0 Å². The lowest BCUT2D eigenvalue weighted by atomic mass is 9.92. The molecule has 0 amide bonds. The summed E-state index contributed by atoms with van der Waals surface area (Å²) in [7, 11) is 0. The van der Waals surface area contributed by atoms with E-state index in [-0.39, 0.29) is 0 Å². The van der Waals surface area contributed by atoms with Crippen LogP contribution in [0.1, 0.15) is 39.5 Å². The number of nitrogens with zero attached hydrogens (tertiary/aromatic N) is 4. The average molecular weight is 1070 g/mol. The topological polar surface area (TPSA) is 46.6 Å². The molecule has 83 heavy (non-hydrogen) atoms. The summed E-state index contributed by atoms with van der Waals surface area (Å²) in [4.78, 5) is 10.7. The summed E-state index contributed by atoms with van der Waals surface area (Å²) in [6.07, 6.45) is 7.56. The van der Waals surface area contributed by atoms with Gasteiger partial charge in [-0.2, -0.15) is 0 Å². The third kappa shape index (κ3) is 9.38. The van der Waals surface area contributed by atoms with Crippen LogP contribution in [0.2, 0.25) is 0 Å². The van der Waals surface area contributed by atoms with Gasteiger partial charge in [0, 0.05) is 43.9 Å². The Labute approximate surface area is 484 Å². The molecule has 0 aliphatic carbocycles. The molecule has 0 radical (unpaired) electrons. The van der Waals surface area contributed by atoms with E-state index in [0.717, 1.165) is 78.3 Å². The molecule has 0 fully saturated rings. The third-order valence-electron chi connectivity index (χ3n) is 16.3. The van der Waals surface area contributed by atoms with Gasteiger partial charge in [-0.25, -0.2) is 9.98 Å². The first kappa shape index (κ1) is 50.6. The van der Waals surface area contributed by atoms with Crippen LogP contribution in [0.25, 0.3) is 105 Å². The molecule has 13 aromatic rings. The molecule has 0 saturated heterocycles. The van der Waals surface area contributed by atoms with Gasteiger partial charge in [0.1, 0.15) is 12.0 Å². The fourth-order valence-electron chi connectivity index (χ4n) is 12.6. The van der Waals surface area contributed by atoms with Crippen LogP contribution in [-0.2, 0) is 0 Å². The summed E-state index contributed by atoms with van der Waals surface area (Å²) < 4.78 is 4.95. The van der Waals surface area contributed by atoms with Crippen molar-refractivity contribution in [2.24, 2.45) is 9.98 Å². The number of amidine groups is 2. The molecule has 396 valence electrons. The predicted octanol–water partition coefficient (Wildman–Crippen LogP) is 19.7.